The fraction of sp³-hybridized carbons (Fsp3) is 0.700. The van der Waals surface area contributed by atoms with Gasteiger partial charge < -0.3 is 10.5 Å². The Morgan fingerprint density at radius 1 is 1.28 bits per heavy atom. The standard InChI is InChI=1S/C20H29N3O2/c1-13-6-7-18(13)23-11-15-4-3-5-16(12-23)20(15,25-2)14-8-9-22-17(10-14)19(21)24/h8-10,13,15-16,18H,3-7,11-12H2,1-2H3,(H2,21,24)/t13-,15-,16+,18+,20+/m1/s1. The molecule has 2 aliphatic carbocycles. The lowest BCUT2D eigenvalue weighted by molar-refractivity contribution is -0.181. The van der Waals surface area contributed by atoms with E-state index in [0.29, 0.717) is 17.5 Å². The second-order valence-corrected chi connectivity index (χ2v) is 8.19. The number of nitrogens with two attached hydrogens (primary N) is 1. The predicted octanol–water partition coefficient (Wildman–Crippen LogP) is 2.55. The SMILES string of the molecule is CO[C@@]1(c2ccnc(C(N)=O)c2)[C@@H]2CCC[C@H]1CN([C@H]1CC[C@H]1C)C2. The molecule has 2 bridgehead atoms. The number of ether oxygens (including phenoxy) is 1. The molecule has 2 saturated carbocycles. The molecule has 3 aliphatic rings. The van der Waals surface area contributed by atoms with E-state index in [1.165, 1.54) is 32.1 Å². The second kappa shape index (κ2) is 6.36. The lowest BCUT2D eigenvalue weighted by Crippen LogP contribution is -2.62. The lowest BCUT2D eigenvalue weighted by Gasteiger charge is -2.58. The maximum atomic E-state index is 11.6. The molecule has 3 fully saturated rings. The van der Waals surface area contributed by atoms with Crippen LogP contribution in [0.1, 0.15) is 55.1 Å². The summed E-state index contributed by atoms with van der Waals surface area (Å²) in [6.07, 6.45) is 8.01. The van der Waals surface area contributed by atoms with Gasteiger partial charge in [0.15, 0.2) is 0 Å². The highest BCUT2D eigenvalue weighted by molar-refractivity contribution is 5.90. The van der Waals surface area contributed by atoms with Crippen molar-refractivity contribution >= 4 is 5.91 Å². The number of carbonyl (C=O) groups is 1. The Kier molecular flexibility index (Phi) is 4.32. The van der Waals surface area contributed by atoms with E-state index in [0.717, 1.165) is 30.6 Å². The minimum Gasteiger partial charge on any atom is -0.373 e. The van der Waals surface area contributed by atoms with Crippen LogP contribution in [0, 0.1) is 17.8 Å². The number of aromatic nitrogens is 1. The minimum atomic E-state index is -0.473. The molecule has 5 heteroatoms. The van der Waals surface area contributed by atoms with Crippen LogP contribution >= 0.6 is 0 Å². The summed E-state index contributed by atoms with van der Waals surface area (Å²) in [6, 6.07) is 4.62. The Labute approximate surface area is 149 Å². The van der Waals surface area contributed by atoms with E-state index >= 15 is 0 Å². The second-order valence-electron chi connectivity index (χ2n) is 8.19. The van der Waals surface area contributed by atoms with Crippen molar-refractivity contribution in [2.24, 2.45) is 23.5 Å². The fourth-order valence-corrected chi connectivity index (χ4v) is 5.66. The largest absolute Gasteiger partial charge is 0.373 e. The van der Waals surface area contributed by atoms with Crippen molar-refractivity contribution in [3.8, 4) is 0 Å². The molecule has 0 aromatic carbocycles. The van der Waals surface area contributed by atoms with E-state index in [4.69, 9.17) is 10.5 Å². The maximum Gasteiger partial charge on any atom is 0.267 e. The summed E-state index contributed by atoms with van der Waals surface area (Å²) in [4.78, 5) is 18.5. The number of methoxy groups -OCH3 is 1. The van der Waals surface area contributed by atoms with E-state index in [2.05, 4.69) is 16.8 Å². The van der Waals surface area contributed by atoms with Crippen LogP contribution in [0.3, 0.4) is 0 Å². The number of piperidine rings is 1. The molecule has 1 aromatic heterocycles. The van der Waals surface area contributed by atoms with Gasteiger partial charge in [0.1, 0.15) is 11.3 Å². The summed E-state index contributed by atoms with van der Waals surface area (Å²) in [5.41, 5.74) is 6.57. The molecule has 0 radical (unpaired) electrons. The molecule has 1 aliphatic heterocycles. The van der Waals surface area contributed by atoms with Crippen molar-refractivity contribution < 1.29 is 9.53 Å². The Bertz CT molecular complexity index is 648. The van der Waals surface area contributed by atoms with Crippen molar-refractivity contribution in [2.45, 2.75) is 50.7 Å². The predicted molar refractivity (Wildman–Crippen MR) is 96.0 cm³/mol. The number of amides is 1. The fourth-order valence-electron chi connectivity index (χ4n) is 5.66. The van der Waals surface area contributed by atoms with Gasteiger partial charge in [0.2, 0.25) is 0 Å². The Morgan fingerprint density at radius 3 is 2.52 bits per heavy atom. The number of hydrogen-bond acceptors (Lipinski definition) is 4. The van der Waals surface area contributed by atoms with Gasteiger partial charge in [-0.25, -0.2) is 0 Å². The number of primary amides is 1. The first-order valence-corrected chi connectivity index (χ1v) is 9.61. The topological polar surface area (TPSA) is 68.5 Å². The van der Waals surface area contributed by atoms with Gasteiger partial charge in [0, 0.05) is 44.3 Å². The number of rotatable bonds is 4. The van der Waals surface area contributed by atoms with Crippen molar-refractivity contribution in [3.63, 3.8) is 0 Å². The van der Waals surface area contributed by atoms with Gasteiger partial charge in [-0.1, -0.05) is 13.3 Å². The van der Waals surface area contributed by atoms with Crippen LogP contribution in [0.15, 0.2) is 18.3 Å². The molecule has 1 amide bonds. The third-order valence-electron chi connectivity index (χ3n) is 7.07. The zero-order valence-electron chi connectivity index (χ0n) is 15.3. The summed E-state index contributed by atoms with van der Waals surface area (Å²) in [7, 11) is 1.83. The maximum absolute atomic E-state index is 11.6. The molecule has 0 unspecified atom stereocenters. The van der Waals surface area contributed by atoms with Gasteiger partial charge in [0.25, 0.3) is 5.91 Å². The lowest BCUT2D eigenvalue weighted by atomic mass is 9.61. The first kappa shape index (κ1) is 17.0. The molecule has 5 nitrogen and oxygen atoms in total. The molecule has 4 rings (SSSR count). The van der Waals surface area contributed by atoms with Gasteiger partial charge in [-0.05, 0) is 49.3 Å². The minimum absolute atomic E-state index is 0.311. The van der Waals surface area contributed by atoms with Crippen LogP contribution in [0.2, 0.25) is 0 Å². The third-order valence-corrected chi connectivity index (χ3v) is 7.07. The van der Waals surface area contributed by atoms with Crippen LogP contribution in [-0.2, 0) is 10.3 Å². The molecular formula is C20H29N3O2. The van der Waals surface area contributed by atoms with Crippen LogP contribution < -0.4 is 5.73 Å². The highest BCUT2D eigenvalue weighted by Gasteiger charge is 2.54. The summed E-state index contributed by atoms with van der Waals surface area (Å²) < 4.78 is 6.27. The van der Waals surface area contributed by atoms with Gasteiger partial charge in [-0.15, -0.1) is 0 Å². The van der Waals surface area contributed by atoms with Gasteiger partial charge in [-0.2, -0.15) is 0 Å². The van der Waals surface area contributed by atoms with Crippen molar-refractivity contribution in [3.05, 3.63) is 29.6 Å². The van der Waals surface area contributed by atoms with E-state index < -0.39 is 5.91 Å². The van der Waals surface area contributed by atoms with Crippen molar-refractivity contribution in [2.75, 3.05) is 20.2 Å². The smallest absolute Gasteiger partial charge is 0.267 e. The third kappa shape index (κ3) is 2.59. The van der Waals surface area contributed by atoms with Crippen molar-refractivity contribution in [1.29, 1.82) is 0 Å². The number of hydrogen-bond donors (Lipinski definition) is 1. The molecule has 25 heavy (non-hydrogen) atoms. The molecule has 2 N–H and O–H groups in total. The summed E-state index contributed by atoms with van der Waals surface area (Å²) in [5, 5.41) is 0. The molecule has 2 heterocycles. The summed E-state index contributed by atoms with van der Waals surface area (Å²) >= 11 is 0. The Hall–Kier alpha value is -1.46. The normalized spacial score (nSPS) is 38.2. The van der Waals surface area contributed by atoms with E-state index in [9.17, 15) is 4.79 Å². The first-order chi connectivity index (χ1) is 12.1. The average Bonchev–Trinajstić information content (AvgIpc) is 2.59. The highest BCUT2D eigenvalue weighted by atomic mass is 16.5. The number of carbonyl (C=O) groups excluding carboxylic acids is 1. The average molecular weight is 343 g/mol. The summed E-state index contributed by atoms with van der Waals surface area (Å²) in [5.74, 6) is 1.26. The zero-order chi connectivity index (χ0) is 17.6. The van der Waals surface area contributed by atoms with Crippen LogP contribution in [0.5, 0.6) is 0 Å². The number of nitrogens with zero attached hydrogens (tertiary/aromatic N) is 2. The van der Waals surface area contributed by atoms with Crippen LogP contribution in [-0.4, -0.2) is 42.0 Å². The van der Waals surface area contributed by atoms with Gasteiger partial charge >= 0.3 is 0 Å². The molecular weight excluding hydrogens is 314 g/mol. The molecule has 1 saturated heterocycles. The molecule has 1 aromatic rings. The monoisotopic (exact) mass is 343 g/mol. The summed E-state index contributed by atoms with van der Waals surface area (Å²) in [6.45, 7) is 4.56. The molecule has 5 atom stereocenters. The van der Waals surface area contributed by atoms with Crippen molar-refractivity contribution in [1.82, 2.24) is 9.88 Å². The molecule has 0 spiro atoms. The van der Waals surface area contributed by atoms with Crippen LogP contribution in [0.4, 0.5) is 0 Å². The van der Waals surface area contributed by atoms with Gasteiger partial charge in [-0.3, -0.25) is 14.7 Å². The first-order valence-electron chi connectivity index (χ1n) is 9.61. The quantitative estimate of drug-likeness (QED) is 0.912. The van der Waals surface area contributed by atoms with E-state index in [-0.39, 0.29) is 5.60 Å². The number of pyridine rings is 1. The number of fused-ring (bicyclic) bond motifs is 2. The van der Waals surface area contributed by atoms with Crippen LogP contribution in [0.25, 0.3) is 0 Å². The zero-order valence-corrected chi connectivity index (χ0v) is 15.3. The van der Waals surface area contributed by atoms with Gasteiger partial charge in [0.05, 0.1) is 0 Å². The Balaban J connectivity index is 1.69. The Morgan fingerprint density at radius 2 is 2.00 bits per heavy atom. The van der Waals surface area contributed by atoms with E-state index in [1.54, 1.807) is 6.20 Å². The molecule has 136 valence electrons. The van der Waals surface area contributed by atoms with E-state index in [1.807, 2.05) is 19.2 Å². The highest BCUT2D eigenvalue weighted by Crippen LogP contribution is 2.52. The number of likely N-dealkylation sites (tertiary alicyclic amines) is 1.